The first kappa shape index (κ1) is 11.8. The van der Waals surface area contributed by atoms with Gasteiger partial charge in [-0.05, 0) is 31.9 Å². The van der Waals surface area contributed by atoms with Gasteiger partial charge in [-0.3, -0.25) is 0 Å². The largest absolute Gasteiger partial charge is 0.348 e. The zero-order valence-electron chi connectivity index (χ0n) is 9.79. The Balaban J connectivity index is 2.02. The molecule has 1 aliphatic rings. The molecule has 0 bridgehead atoms. The van der Waals surface area contributed by atoms with Gasteiger partial charge in [-0.25, -0.2) is 4.98 Å². The topological polar surface area (TPSA) is 31.4 Å². The van der Waals surface area contributed by atoms with Crippen LogP contribution in [-0.4, -0.2) is 23.5 Å². The van der Waals surface area contributed by atoms with Crippen molar-refractivity contribution >= 4 is 11.6 Å². The number of aromatic nitrogens is 1. The summed E-state index contributed by atoms with van der Waals surface area (Å²) >= 11 is 5.88. The van der Waals surface area contributed by atoms with E-state index in [1.54, 1.807) is 6.20 Å². The number of halogens is 1. The maximum Gasteiger partial charge on any atom is 0.163 e. The van der Waals surface area contributed by atoms with E-state index in [1.807, 2.05) is 26.8 Å². The molecule has 1 aromatic rings. The third-order valence-electron chi connectivity index (χ3n) is 2.60. The molecule has 1 fully saturated rings. The maximum absolute atomic E-state index is 5.88. The first-order valence-corrected chi connectivity index (χ1v) is 5.77. The number of nitrogens with zero attached hydrogens (tertiary/aromatic N) is 1. The van der Waals surface area contributed by atoms with Gasteiger partial charge < -0.3 is 9.47 Å². The Hall–Kier alpha value is -0.640. The van der Waals surface area contributed by atoms with Gasteiger partial charge in [-0.15, -0.1) is 0 Å². The Morgan fingerprint density at radius 2 is 2.31 bits per heavy atom. The molecule has 0 aliphatic carbocycles. The summed E-state index contributed by atoms with van der Waals surface area (Å²) in [4.78, 5) is 4.13. The van der Waals surface area contributed by atoms with Crippen molar-refractivity contribution in [3.05, 3.63) is 28.5 Å². The SMILES string of the molecule is Cc1cc(C[C@@H]2COC(C)(C)O2)cnc1Cl. The van der Waals surface area contributed by atoms with Crippen molar-refractivity contribution < 1.29 is 9.47 Å². The monoisotopic (exact) mass is 241 g/mol. The Labute approximate surface area is 101 Å². The first-order valence-electron chi connectivity index (χ1n) is 5.39. The van der Waals surface area contributed by atoms with Crippen molar-refractivity contribution in [2.45, 2.75) is 39.1 Å². The van der Waals surface area contributed by atoms with Crippen LogP contribution in [0.25, 0.3) is 0 Å². The first-order chi connectivity index (χ1) is 7.46. The van der Waals surface area contributed by atoms with Gasteiger partial charge in [0.1, 0.15) is 5.15 Å². The normalized spacial score (nSPS) is 23.6. The molecule has 88 valence electrons. The molecule has 1 atom stereocenters. The highest BCUT2D eigenvalue weighted by atomic mass is 35.5. The highest BCUT2D eigenvalue weighted by molar-refractivity contribution is 6.30. The van der Waals surface area contributed by atoms with E-state index in [9.17, 15) is 0 Å². The summed E-state index contributed by atoms with van der Waals surface area (Å²) in [6, 6.07) is 2.05. The Bertz CT molecular complexity index is 393. The summed E-state index contributed by atoms with van der Waals surface area (Å²) in [6.07, 6.45) is 2.72. The lowest BCUT2D eigenvalue weighted by Gasteiger charge is -2.17. The molecule has 1 saturated heterocycles. The Morgan fingerprint density at radius 3 is 2.88 bits per heavy atom. The van der Waals surface area contributed by atoms with E-state index in [1.165, 1.54) is 0 Å². The predicted molar refractivity (Wildman–Crippen MR) is 62.6 cm³/mol. The third-order valence-corrected chi connectivity index (χ3v) is 3.00. The summed E-state index contributed by atoms with van der Waals surface area (Å²) in [5.74, 6) is -0.459. The van der Waals surface area contributed by atoms with Gasteiger partial charge in [0.15, 0.2) is 5.79 Å². The van der Waals surface area contributed by atoms with Crippen LogP contribution in [0.1, 0.15) is 25.0 Å². The molecular formula is C12H16ClNO2. The second-order valence-corrected chi connectivity index (χ2v) is 4.96. The fourth-order valence-electron chi connectivity index (χ4n) is 1.85. The van der Waals surface area contributed by atoms with Crippen LogP contribution in [0.4, 0.5) is 0 Å². The summed E-state index contributed by atoms with van der Waals surface area (Å²) in [6.45, 7) is 6.44. The van der Waals surface area contributed by atoms with E-state index in [-0.39, 0.29) is 6.10 Å². The number of ether oxygens (including phenoxy) is 2. The van der Waals surface area contributed by atoms with E-state index in [0.29, 0.717) is 11.8 Å². The average molecular weight is 242 g/mol. The van der Waals surface area contributed by atoms with Crippen LogP contribution in [0, 0.1) is 6.92 Å². The standard InChI is InChI=1S/C12H16ClNO2/c1-8-4-9(6-14-11(8)13)5-10-7-15-12(2,3)16-10/h4,6,10H,5,7H2,1-3H3/t10-/m1/s1. The van der Waals surface area contributed by atoms with E-state index in [0.717, 1.165) is 17.5 Å². The number of hydrogen-bond acceptors (Lipinski definition) is 3. The van der Waals surface area contributed by atoms with Crippen LogP contribution < -0.4 is 0 Å². The van der Waals surface area contributed by atoms with Crippen LogP contribution in [0.3, 0.4) is 0 Å². The Morgan fingerprint density at radius 1 is 1.56 bits per heavy atom. The third kappa shape index (κ3) is 2.73. The van der Waals surface area contributed by atoms with Crippen molar-refractivity contribution in [2.75, 3.05) is 6.61 Å². The van der Waals surface area contributed by atoms with Crippen LogP contribution in [-0.2, 0) is 15.9 Å². The molecule has 0 aromatic carbocycles. The minimum absolute atomic E-state index is 0.109. The van der Waals surface area contributed by atoms with Gasteiger partial charge in [-0.2, -0.15) is 0 Å². The van der Waals surface area contributed by atoms with E-state index >= 15 is 0 Å². The van der Waals surface area contributed by atoms with Crippen LogP contribution in [0.15, 0.2) is 12.3 Å². The van der Waals surface area contributed by atoms with Crippen molar-refractivity contribution in [1.82, 2.24) is 4.98 Å². The van der Waals surface area contributed by atoms with Crippen molar-refractivity contribution in [3.63, 3.8) is 0 Å². The molecule has 0 N–H and O–H groups in total. The number of pyridine rings is 1. The average Bonchev–Trinajstić information content (AvgIpc) is 2.52. The van der Waals surface area contributed by atoms with E-state index in [4.69, 9.17) is 21.1 Å². The molecule has 3 nitrogen and oxygen atoms in total. The number of hydrogen-bond donors (Lipinski definition) is 0. The molecule has 0 radical (unpaired) electrons. The van der Waals surface area contributed by atoms with Gasteiger partial charge in [0.05, 0.1) is 12.7 Å². The minimum Gasteiger partial charge on any atom is -0.348 e. The molecule has 16 heavy (non-hydrogen) atoms. The predicted octanol–water partition coefficient (Wildman–Crippen LogP) is 2.74. The molecule has 1 aliphatic heterocycles. The van der Waals surface area contributed by atoms with Gasteiger partial charge >= 0.3 is 0 Å². The summed E-state index contributed by atoms with van der Waals surface area (Å²) in [5.41, 5.74) is 2.13. The zero-order chi connectivity index (χ0) is 11.8. The highest BCUT2D eigenvalue weighted by Crippen LogP contribution is 2.25. The van der Waals surface area contributed by atoms with E-state index in [2.05, 4.69) is 4.98 Å². The smallest absolute Gasteiger partial charge is 0.163 e. The zero-order valence-corrected chi connectivity index (χ0v) is 10.5. The molecule has 4 heteroatoms. The fourth-order valence-corrected chi connectivity index (χ4v) is 1.96. The second kappa shape index (κ2) is 4.32. The molecule has 1 aromatic heterocycles. The van der Waals surface area contributed by atoms with Crippen molar-refractivity contribution in [2.24, 2.45) is 0 Å². The van der Waals surface area contributed by atoms with Crippen molar-refractivity contribution in [3.8, 4) is 0 Å². The molecular weight excluding hydrogens is 226 g/mol. The summed E-state index contributed by atoms with van der Waals surface area (Å²) < 4.78 is 11.3. The minimum atomic E-state index is -0.459. The van der Waals surface area contributed by atoms with Crippen molar-refractivity contribution in [1.29, 1.82) is 0 Å². The lowest BCUT2D eigenvalue weighted by Crippen LogP contribution is -2.22. The lowest BCUT2D eigenvalue weighted by molar-refractivity contribution is -0.138. The molecule has 0 amide bonds. The van der Waals surface area contributed by atoms with Gasteiger partial charge in [0, 0.05) is 12.6 Å². The summed E-state index contributed by atoms with van der Waals surface area (Å²) in [7, 11) is 0. The lowest BCUT2D eigenvalue weighted by atomic mass is 10.1. The molecule has 2 heterocycles. The fraction of sp³-hybridized carbons (Fsp3) is 0.583. The summed E-state index contributed by atoms with van der Waals surface area (Å²) in [5, 5.41) is 0.563. The molecule has 0 spiro atoms. The van der Waals surface area contributed by atoms with Crippen LogP contribution >= 0.6 is 11.6 Å². The van der Waals surface area contributed by atoms with Gasteiger partial charge in [0.2, 0.25) is 0 Å². The quantitative estimate of drug-likeness (QED) is 0.746. The number of aryl methyl sites for hydroxylation is 1. The molecule has 2 rings (SSSR count). The number of rotatable bonds is 2. The van der Waals surface area contributed by atoms with Gasteiger partial charge in [-0.1, -0.05) is 17.7 Å². The molecule has 0 unspecified atom stereocenters. The van der Waals surface area contributed by atoms with Gasteiger partial charge in [0.25, 0.3) is 0 Å². The Kier molecular flexibility index (Phi) is 3.19. The second-order valence-electron chi connectivity index (χ2n) is 4.61. The highest BCUT2D eigenvalue weighted by Gasteiger charge is 2.32. The maximum atomic E-state index is 5.88. The van der Waals surface area contributed by atoms with Crippen LogP contribution in [0.2, 0.25) is 5.15 Å². The van der Waals surface area contributed by atoms with E-state index < -0.39 is 5.79 Å². The molecule has 0 saturated carbocycles. The van der Waals surface area contributed by atoms with Crippen LogP contribution in [0.5, 0.6) is 0 Å².